The first-order valence-corrected chi connectivity index (χ1v) is 10.00. The molecule has 1 heterocycles. The highest BCUT2D eigenvalue weighted by molar-refractivity contribution is 7.99. The first-order chi connectivity index (χ1) is 13.5. The monoisotopic (exact) mass is 399 g/mol. The molecule has 0 bridgehead atoms. The van der Waals surface area contributed by atoms with E-state index in [0.29, 0.717) is 39.4 Å². The number of nitrogens with zero attached hydrogens (tertiary/aromatic N) is 2. The zero-order valence-electron chi connectivity index (χ0n) is 16.6. The van der Waals surface area contributed by atoms with Crippen LogP contribution in [-0.2, 0) is 11.2 Å². The van der Waals surface area contributed by atoms with Crippen LogP contribution >= 0.6 is 11.8 Å². The summed E-state index contributed by atoms with van der Waals surface area (Å²) in [6.07, 6.45) is 1.14. The van der Waals surface area contributed by atoms with Crippen LogP contribution in [0, 0.1) is 17.2 Å². The van der Waals surface area contributed by atoms with E-state index in [1.54, 1.807) is 38.5 Å². The second-order valence-corrected chi connectivity index (χ2v) is 7.66. The number of ether oxygens (including phenoxy) is 2. The van der Waals surface area contributed by atoms with Crippen LogP contribution in [0.4, 0.5) is 5.69 Å². The number of hydrogen-bond donors (Lipinski definition) is 1. The maximum atomic E-state index is 12.3. The van der Waals surface area contributed by atoms with E-state index < -0.39 is 0 Å². The zero-order chi connectivity index (χ0) is 20.5. The number of pyridine rings is 1. The summed E-state index contributed by atoms with van der Waals surface area (Å²) in [4.78, 5) is 16.9. The van der Waals surface area contributed by atoms with Gasteiger partial charge in [0, 0.05) is 23.9 Å². The Morgan fingerprint density at radius 2 is 2.04 bits per heavy atom. The molecule has 7 heteroatoms. The van der Waals surface area contributed by atoms with E-state index in [1.165, 1.54) is 11.8 Å². The summed E-state index contributed by atoms with van der Waals surface area (Å²) in [5, 5.41) is 12.8. The molecule has 2 aromatic rings. The smallest absolute Gasteiger partial charge is 0.225 e. The van der Waals surface area contributed by atoms with Crippen LogP contribution in [0.3, 0.4) is 0 Å². The molecule has 0 radical (unpaired) electrons. The van der Waals surface area contributed by atoms with Crippen LogP contribution in [0.1, 0.15) is 31.5 Å². The molecule has 1 amide bonds. The van der Waals surface area contributed by atoms with Gasteiger partial charge < -0.3 is 14.8 Å². The first-order valence-electron chi connectivity index (χ1n) is 9.01. The lowest BCUT2D eigenvalue weighted by Gasteiger charge is -2.12. The van der Waals surface area contributed by atoms with E-state index in [4.69, 9.17) is 9.47 Å². The van der Waals surface area contributed by atoms with Crippen LogP contribution in [0.15, 0.2) is 35.4 Å². The van der Waals surface area contributed by atoms with Crippen LogP contribution < -0.4 is 14.8 Å². The normalized spacial score (nSPS) is 10.4. The van der Waals surface area contributed by atoms with Crippen molar-refractivity contribution in [3.8, 4) is 17.6 Å². The highest BCUT2D eigenvalue weighted by atomic mass is 32.2. The Balaban J connectivity index is 1.98. The number of carbonyl (C=O) groups excluding carboxylic acids is 1. The predicted molar refractivity (Wildman–Crippen MR) is 111 cm³/mol. The maximum absolute atomic E-state index is 12.3. The second-order valence-electron chi connectivity index (χ2n) is 6.58. The number of anilines is 1. The Bertz CT molecular complexity index is 862. The van der Waals surface area contributed by atoms with Gasteiger partial charge in [0.05, 0.1) is 25.5 Å². The highest BCUT2D eigenvalue weighted by Gasteiger charge is 2.12. The summed E-state index contributed by atoms with van der Waals surface area (Å²) in [6.45, 7) is 4.26. The molecule has 28 heavy (non-hydrogen) atoms. The minimum absolute atomic E-state index is 0.143. The molecular weight excluding hydrogens is 374 g/mol. The van der Waals surface area contributed by atoms with Gasteiger partial charge in [0.25, 0.3) is 0 Å². The van der Waals surface area contributed by atoms with Gasteiger partial charge in [-0.3, -0.25) is 4.79 Å². The molecule has 0 aliphatic carbocycles. The van der Waals surface area contributed by atoms with Crippen LogP contribution in [-0.4, -0.2) is 30.9 Å². The Morgan fingerprint density at radius 1 is 1.25 bits per heavy atom. The molecule has 6 nitrogen and oxygen atoms in total. The molecule has 0 unspecified atom stereocenters. The molecule has 0 aliphatic rings. The van der Waals surface area contributed by atoms with Gasteiger partial charge in [-0.05, 0) is 36.6 Å². The maximum Gasteiger partial charge on any atom is 0.225 e. The molecule has 0 fully saturated rings. The number of hydrogen-bond acceptors (Lipinski definition) is 6. The van der Waals surface area contributed by atoms with Gasteiger partial charge in [-0.1, -0.05) is 13.8 Å². The Kier molecular flexibility index (Phi) is 8.15. The summed E-state index contributed by atoms with van der Waals surface area (Å²) < 4.78 is 10.5. The van der Waals surface area contributed by atoms with Crippen LogP contribution in [0.2, 0.25) is 0 Å². The standard InChI is InChI=1S/C21H25N3O3S/c1-14(2)11-16-6-5-15(13-22)21(23-16)28-10-9-20(25)24-18-12-17(26-3)7-8-19(18)27-4/h5-8,12,14H,9-11H2,1-4H3,(H,24,25). The average molecular weight is 400 g/mol. The Hall–Kier alpha value is -2.72. The van der Waals surface area contributed by atoms with E-state index in [2.05, 4.69) is 30.2 Å². The molecule has 0 atom stereocenters. The summed E-state index contributed by atoms with van der Waals surface area (Å²) >= 11 is 1.42. The number of benzene rings is 1. The molecular formula is C21H25N3O3S. The molecule has 0 saturated carbocycles. The van der Waals surface area contributed by atoms with E-state index >= 15 is 0 Å². The molecule has 1 aromatic heterocycles. The quantitative estimate of drug-likeness (QED) is 0.633. The second kappa shape index (κ2) is 10.6. The van der Waals surface area contributed by atoms with Crippen molar-refractivity contribution in [2.75, 3.05) is 25.3 Å². The number of nitriles is 1. The fraction of sp³-hybridized carbons (Fsp3) is 0.381. The Labute approximate surface area is 170 Å². The lowest BCUT2D eigenvalue weighted by atomic mass is 10.1. The number of thioether (sulfide) groups is 1. The van der Waals surface area contributed by atoms with E-state index in [-0.39, 0.29) is 12.3 Å². The first kappa shape index (κ1) is 21.6. The van der Waals surface area contributed by atoms with Crippen molar-refractivity contribution in [2.24, 2.45) is 5.92 Å². The van der Waals surface area contributed by atoms with Gasteiger partial charge in [0.1, 0.15) is 22.6 Å². The van der Waals surface area contributed by atoms with Gasteiger partial charge >= 0.3 is 0 Å². The zero-order valence-corrected chi connectivity index (χ0v) is 17.4. The summed E-state index contributed by atoms with van der Waals surface area (Å²) in [5.74, 6) is 2.06. The minimum Gasteiger partial charge on any atom is -0.497 e. The fourth-order valence-electron chi connectivity index (χ4n) is 2.57. The minimum atomic E-state index is -0.143. The van der Waals surface area contributed by atoms with Crippen molar-refractivity contribution in [1.82, 2.24) is 4.98 Å². The molecule has 1 N–H and O–H groups in total. The van der Waals surface area contributed by atoms with Gasteiger partial charge in [0.2, 0.25) is 5.91 Å². The van der Waals surface area contributed by atoms with Crippen molar-refractivity contribution >= 4 is 23.4 Å². The Morgan fingerprint density at radius 3 is 2.68 bits per heavy atom. The average Bonchev–Trinajstić information content (AvgIpc) is 2.67. The van der Waals surface area contributed by atoms with Crippen molar-refractivity contribution in [1.29, 1.82) is 5.26 Å². The largest absolute Gasteiger partial charge is 0.497 e. The van der Waals surface area contributed by atoms with Gasteiger partial charge in [-0.2, -0.15) is 5.26 Å². The lowest BCUT2D eigenvalue weighted by Crippen LogP contribution is -2.13. The number of nitrogens with one attached hydrogen (secondary N) is 1. The number of methoxy groups -OCH3 is 2. The van der Waals surface area contributed by atoms with E-state index in [9.17, 15) is 10.1 Å². The van der Waals surface area contributed by atoms with Gasteiger partial charge in [-0.15, -0.1) is 11.8 Å². The van der Waals surface area contributed by atoms with Gasteiger partial charge in [0.15, 0.2) is 0 Å². The predicted octanol–water partition coefficient (Wildman–Crippen LogP) is 4.29. The number of carbonyl (C=O) groups is 1. The highest BCUT2D eigenvalue weighted by Crippen LogP contribution is 2.29. The summed E-state index contributed by atoms with van der Waals surface area (Å²) in [6, 6.07) is 11.1. The topological polar surface area (TPSA) is 84.2 Å². The van der Waals surface area contributed by atoms with Crippen molar-refractivity contribution < 1.29 is 14.3 Å². The van der Waals surface area contributed by atoms with E-state index in [1.807, 2.05) is 6.07 Å². The fourth-order valence-corrected chi connectivity index (χ4v) is 3.50. The third kappa shape index (κ3) is 6.17. The molecule has 0 spiro atoms. The molecule has 0 aliphatic heterocycles. The number of aromatic nitrogens is 1. The summed E-state index contributed by atoms with van der Waals surface area (Å²) in [5.41, 5.74) is 2.06. The van der Waals surface area contributed by atoms with E-state index in [0.717, 1.165) is 12.1 Å². The molecule has 1 aromatic carbocycles. The summed E-state index contributed by atoms with van der Waals surface area (Å²) in [7, 11) is 3.11. The van der Waals surface area contributed by atoms with Crippen molar-refractivity contribution in [2.45, 2.75) is 31.7 Å². The third-order valence-corrected chi connectivity index (χ3v) is 4.90. The van der Waals surface area contributed by atoms with Crippen LogP contribution in [0.25, 0.3) is 0 Å². The number of rotatable bonds is 9. The molecule has 2 rings (SSSR count). The van der Waals surface area contributed by atoms with Crippen molar-refractivity contribution in [3.05, 3.63) is 41.6 Å². The van der Waals surface area contributed by atoms with Crippen LogP contribution in [0.5, 0.6) is 11.5 Å². The van der Waals surface area contributed by atoms with Gasteiger partial charge in [-0.25, -0.2) is 4.98 Å². The molecule has 148 valence electrons. The lowest BCUT2D eigenvalue weighted by molar-refractivity contribution is -0.115. The number of amides is 1. The van der Waals surface area contributed by atoms with Crippen molar-refractivity contribution in [3.63, 3.8) is 0 Å². The molecule has 0 saturated heterocycles. The third-order valence-electron chi connectivity index (χ3n) is 3.90. The SMILES string of the molecule is COc1ccc(OC)c(NC(=O)CCSc2nc(CC(C)C)ccc2C#N)c1.